The van der Waals surface area contributed by atoms with Crippen LogP contribution in [0, 0.1) is 0 Å². The first-order valence-electron chi connectivity index (χ1n) is 6.32. The van der Waals surface area contributed by atoms with E-state index in [4.69, 9.17) is 5.73 Å². The first-order chi connectivity index (χ1) is 9.65. The van der Waals surface area contributed by atoms with Crippen LogP contribution in [0.1, 0.15) is 0 Å². The fourth-order valence-corrected chi connectivity index (χ4v) is 2.12. The summed E-state index contributed by atoms with van der Waals surface area (Å²) in [6.45, 7) is 0. The van der Waals surface area contributed by atoms with Crippen LogP contribution in [0.5, 0.6) is 0 Å². The highest BCUT2D eigenvalue weighted by atomic mass is 15.3. The number of anilines is 2. The number of hydrogen-bond donors (Lipinski definition) is 1. The molecule has 0 saturated carbocycles. The minimum atomic E-state index is 0.228. The molecule has 0 unspecified atom stereocenters. The Morgan fingerprint density at radius 2 is 1.65 bits per heavy atom. The van der Waals surface area contributed by atoms with Crippen molar-refractivity contribution in [3.8, 4) is 11.4 Å². The van der Waals surface area contributed by atoms with Crippen LogP contribution in [-0.2, 0) is 0 Å². The second kappa shape index (κ2) is 4.77. The highest BCUT2D eigenvalue weighted by molar-refractivity contribution is 5.95. The zero-order chi connectivity index (χ0) is 14.1. The highest BCUT2D eigenvalue weighted by Gasteiger charge is 2.10. The van der Waals surface area contributed by atoms with Crippen LogP contribution in [0.25, 0.3) is 22.2 Å². The Labute approximate surface area is 117 Å². The van der Waals surface area contributed by atoms with Gasteiger partial charge in [0, 0.05) is 19.7 Å². The summed E-state index contributed by atoms with van der Waals surface area (Å²) in [7, 11) is 3.75. The lowest BCUT2D eigenvalue weighted by Gasteiger charge is -2.12. The molecule has 3 rings (SSSR count). The van der Waals surface area contributed by atoms with Crippen LogP contribution < -0.4 is 10.6 Å². The van der Waals surface area contributed by atoms with Gasteiger partial charge in [-0.15, -0.1) is 0 Å². The molecule has 1 aromatic heterocycles. The second-order valence-corrected chi connectivity index (χ2v) is 4.74. The molecule has 0 atom stereocenters. The lowest BCUT2D eigenvalue weighted by molar-refractivity contribution is 0.971. The summed E-state index contributed by atoms with van der Waals surface area (Å²) in [4.78, 5) is 14.7. The normalized spacial score (nSPS) is 10.7. The van der Waals surface area contributed by atoms with Crippen LogP contribution in [0.2, 0.25) is 0 Å². The molecule has 0 amide bonds. The lowest BCUT2D eigenvalue weighted by Crippen LogP contribution is -2.15. The van der Waals surface area contributed by atoms with E-state index in [2.05, 4.69) is 33.2 Å². The molecule has 0 bridgehead atoms. The van der Waals surface area contributed by atoms with E-state index >= 15 is 0 Å². The van der Waals surface area contributed by atoms with Crippen molar-refractivity contribution < 1.29 is 0 Å². The molecule has 2 aromatic carbocycles. The molecule has 2 N–H and O–H groups in total. The van der Waals surface area contributed by atoms with Crippen LogP contribution in [0.4, 0.5) is 11.9 Å². The molecule has 0 aliphatic rings. The van der Waals surface area contributed by atoms with E-state index in [0.717, 1.165) is 16.3 Å². The highest BCUT2D eigenvalue weighted by Crippen LogP contribution is 2.27. The fourth-order valence-electron chi connectivity index (χ4n) is 2.12. The SMILES string of the molecule is CN(C)c1nc(N)nc(-c2cccc3ccccc23)n1. The number of nitrogen functional groups attached to an aromatic ring is 1. The first kappa shape index (κ1) is 12.3. The quantitative estimate of drug-likeness (QED) is 0.770. The van der Waals surface area contributed by atoms with Gasteiger partial charge in [0.25, 0.3) is 0 Å². The maximum Gasteiger partial charge on any atom is 0.230 e. The summed E-state index contributed by atoms with van der Waals surface area (Å²) in [6, 6.07) is 14.2. The van der Waals surface area contributed by atoms with Crippen molar-refractivity contribution in [3.05, 3.63) is 42.5 Å². The third-order valence-corrected chi connectivity index (χ3v) is 3.07. The standard InChI is InChI=1S/C15H15N5/c1-20(2)15-18-13(17-14(16)19-15)12-9-5-7-10-6-3-4-8-11(10)12/h3-9H,1-2H3,(H2,16,17,18,19). The van der Waals surface area contributed by atoms with E-state index in [1.54, 1.807) is 0 Å². The molecule has 5 heteroatoms. The monoisotopic (exact) mass is 265 g/mol. The Kier molecular flexibility index (Phi) is 2.95. The van der Waals surface area contributed by atoms with Gasteiger partial charge in [-0.3, -0.25) is 0 Å². The number of benzene rings is 2. The summed E-state index contributed by atoms with van der Waals surface area (Å²) >= 11 is 0. The Hall–Kier alpha value is -2.69. The van der Waals surface area contributed by atoms with E-state index in [1.807, 2.05) is 43.3 Å². The van der Waals surface area contributed by atoms with Crippen molar-refractivity contribution in [3.63, 3.8) is 0 Å². The summed E-state index contributed by atoms with van der Waals surface area (Å²) in [6.07, 6.45) is 0. The summed E-state index contributed by atoms with van der Waals surface area (Å²) < 4.78 is 0. The summed E-state index contributed by atoms with van der Waals surface area (Å²) in [5.41, 5.74) is 6.75. The average molecular weight is 265 g/mol. The third-order valence-electron chi connectivity index (χ3n) is 3.07. The Morgan fingerprint density at radius 3 is 2.45 bits per heavy atom. The Morgan fingerprint density at radius 1 is 0.900 bits per heavy atom. The summed E-state index contributed by atoms with van der Waals surface area (Å²) in [5.74, 6) is 1.38. The molecule has 3 aromatic rings. The van der Waals surface area contributed by atoms with Gasteiger partial charge in [0.15, 0.2) is 5.82 Å². The molecule has 0 aliphatic carbocycles. The molecule has 0 fully saturated rings. The minimum Gasteiger partial charge on any atom is -0.368 e. The van der Waals surface area contributed by atoms with Gasteiger partial charge in [0.05, 0.1) is 0 Å². The van der Waals surface area contributed by atoms with Crippen LogP contribution in [0.15, 0.2) is 42.5 Å². The van der Waals surface area contributed by atoms with Gasteiger partial charge < -0.3 is 10.6 Å². The number of aromatic nitrogens is 3. The Bertz CT molecular complexity index is 762. The van der Waals surface area contributed by atoms with Gasteiger partial charge in [-0.05, 0) is 10.8 Å². The number of nitrogens with two attached hydrogens (primary N) is 1. The molecule has 0 radical (unpaired) electrons. The average Bonchev–Trinajstić information content (AvgIpc) is 2.46. The molecule has 0 saturated heterocycles. The lowest BCUT2D eigenvalue weighted by atomic mass is 10.0. The summed E-state index contributed by atoms with van der Waals surface area (Å²) in [5, 5.41) is 2.25. The van der Waals surface area contributed by atoms with Crippen molar-refractivity contribution in [1.29, 1.82) is 0 Å². The first-order valence-corrected chi connectivity index (χ1v) is 6.32. The molecular weight excluding hydrogens is 250 g/mol. The number of fused-ring (bicyclic) bond motifs is 1. The van der Waals surface area contributed by atoms with E-state index in [1.165, 1.54) is 0 Å². The van der Waals surface area contributed by atoms with Crippen LogP contribution >= 0.6 is 0 Å². The predicted octanol–water partition coefficient (Wildman–Crippen LogP) is 2.34. The van der Waals surface area contributed by atoms with E-state index in [9.17, 15) is 0 Å². The van der Waals surface area contributed by atoms with Crippen LogP contribution in [0.3, 0.4) is 0 Å². The topological polar surface area (TPSA) is 67.9 Å². The molecule has 1 heterocycles. The van der Waals surface area contributed by atoms with E-state index in [0.29, 0.717) is 11.8 Å². The van der Waals surface area contributed by atoms with Crippen LogP contribution in [-0.4, -0.2) is 29.0 Å². The molecular formula is C15H15N5. The van der Waals surface area contributed by atoms with Crippen molar-refractivity contribution in [2.75, 3.05) is 24.7 Å². The molecule has 5 nitrogen and oxygen atoms in total. The molecule has 20 heavy (non-hydrogen) atoms. The van der Waals surface area contributed by atoms with Crippen molar-refractivity contribution in [1.82, 2.24) is 15.0 Å². The maximum atomic E-state index is 5.79. The molecule has 0 spiro atoms. The smallest absolute Gasteiger partial charge is 0.230 e. The number of nitrogens with zero attached hydrogens (tertiary/aromatic N) is 4. The Balaban J connectivity index is 2.25. The molecule has 0 aliphatic heterocycles. The fraction of sp³-hybridized carbons (Fsp3) is 0.133. The van der Waals surface area contributed by atoms with Gasteiger partial charge in [0.2, 0.25) is 11.9 Å². The van der Waals surface area contributed by atoms with Crippen molar-refractivity contribution >= 4 is 22.7 Å². The maximum absolute atomic E-state index is 5.79. The largest absolute Gasteiger partial charge is 0.368 e. The van der Waals surface area contributed by atoms with E-state index < -0.39 is 0 Å². The van der Waals surface area contributed by atoms with Gasteiger partial charge in [-0.1, -0.05) is 42.5 Å². The number of rotatable bonds is 2. The predicted molar refractivity (Wildman–Crippen MR) is 81.5 cm³/mol. The third kappa shape index (κ3) is 2.14. The van der Waals surface area contributed by atoms with Gasteiger partial charge >= 0.3 is 0 Å². The minimum absolute atomic E-state index is 0.228. The van der Waals surface area contributed by atoms with Crippen molar-refractivity contribution in [2.45, 2.75) is 0 Å². The zero-order valence-electron chi connectivity index (χ0n) is 11.4. The van der Waals surface area contributed by atoms with Gasteiger partial charge in [-0.2, -0.15) is 15.0 Å². The van der Waals surface area contributed by atoms with E-state index in [-0.39, 0.29) is 5.95 Å². The molecule has 100 valence electrons. The van der Waals surface area contributed by atoms with Gasteiger partial charge in [0.1, 0.15) is 0 Å². The second-order valence-electron chi connectivity index (χ2n) is 4.74. The van der Waals surface area contributed by atoms with Gasteiger partial charge in [-0.25, -0.2) is 0 Å². The number of hydrogen-bond acceptors (Lipinski definition) is 5. The van der Waals surface area contributed by atoms with Crippen molar-refractivity contribution in [2.24, 2.45) is 0 Å². The zero-order valence-corrected chi connectivity index (χ0v) is 11.4.